The predicted molar refractivity (Wildman–Crippen MR) is 205 cm³/mol. The summed E-state index contributed by atoms with van der Waals surface area (Å²) in [4.78, 5) is 48.0. The van der Waals surface area contributed by atoms with Gasteiger partial charge in [-0.1, -0.05) is 0 Å². The lowest BCUT2D eigenvalue weighted by Gasteiger charge is -2.44. The Labute approximate surface area is 306 Å². The standard InChI is InChI=1S/C33H60B3N12O3/c1-35(50)47-11-5-29(6-12-47)41-17-23-44(24-18-41)32-37-31(43-21-15-40(16-22-43)28-3-9-46(10-4-28)34-27-49)38-33(39-32)45-25-19-42(20-26-45)30-7-13-48(14-8-30)36(2)51/h27-30,50-51H,3-26H2,1-2H3. The van der Waals surface area contributed by atoms with Crippen molar-refractivity contribution in [1.82, 2.24) is 44.1 Å². The molecule has 15 nitrogen and oxygen atoms in total. The van der Waals surface area contributed by atoms with E-state index in [2.05, 4.69) is 43.8 Å². The Morgan fingerprint density at radius 3 is 1.08 bits per heavy atom. The van der Waals surface area contributed by atoms with E-state index in [-0.39, 0.29) is 14.1 Å². The van der Waals surface area contributed by atoms with Gasteiger partial charge >= 0.3 is 14.1 Å². The molecule has 6 fully saturated rings. The van der Waals surface area contributed by atoms with Crippen LogP contribution in [0.25, 0.3) is 0 Å². The zero-order valence-corrected chi connectivity index (χ0v) is 31.2. The Morgan fingerprint density at radius 1 is 0.510 bits per heavy atom. The minimum Gasteiger partial charge on any atom is -0.437 e. The summed E-state index contributed by atoms with van der Waals surface area (Å²) in [6.07, 6.45) is 7.54. The molecule has 6 saturated heterocycles. The van der Waals surface area contributed by atoms with Crippen LogP contribution in [0.5, 0.6) is 0 Å². The number of piperazine rings is 3. The Kier molecular flexibility index (Phi) is 12.7. The molecule has 1 aromatic rings. The summed E-state index contributed by atoms with van der Waals surface area (Å²) in [7, 11) is 0.968. The molecule has 6 aliphatic rings. The Hall–Kier alpha value is -2.05. The summed E-state index contributed by atoms with van der Waals surface area (Å²) in [5.74, 6) is 2.44. The predicted octanol–water partition coefficient (Wildman–Crippen LogP) is -1.34. The fourth-order valence-corrected chi connectivity index (χ4v) is 9.36. The fourth-order valence-electron chi connectivity index (χ4n) is 9.36. The molecule has 2 N–H and O–H groups in total. The van der Waals surface area contributed by atoms with Crippen LogP contribution >= 0.6 is 0 Å². The van der Waals surface area contributed by atoms with Gasteiger partial charge in [0.15, 0.2) is 0 Å². The molecule has 0 saturated carbocycles. The Bertz CT molecular complexity index is 1180. The monoisotopic (exact) mass is 706 g/mol. The SMILES string of the molecule is CB(O)N1CCC(N2CCN(c3nc(N4CCN(C5CCN([B]C=O)CC5)CC4)nc(N4CCN(C5CCN(B(C)O)CC5)CC4)n3)CC2)CC1. The quantitative estimate of drug-likeness (QED) is 0.220. The normalized spacial score (nSPS) is 25.8. The van der Waals surface area contributed by atoms with Crippen molar-refractivity contribution in [1.29, 1.82) is 0 Å². The van der Waals surface area contributed by atoms with E-state index >= 15 is 0 Å². The van der Waals surface area contributed by atoms with Gasteiger partial charge in [0.2, 0.25) is 17.8 Å². The van der Waals surface area contributed by atoms with Crippen molar-refractivity contribution in [3.63, 3.8) is 0 Å². The van der Waals surface area contributed by atoms with E-state index in [1.54, 1.807) is 7.41 Å². The minimum atomic E-state index is -0.360. The molecule has 0 aromatic carbocycles. The molecule has 0 spiro atoms. The van der Waals surface area contributed by atoms with E-state index in [0.29, 0.717) is 18.1 Å². The molecule has 7 heterocycles. The molecule has 0 unspecified atom stereocenters. The molecule has 1 aromatic heterocycles. The van der Waals surface area contributed by atoms with Crippen molar-refractivity contribution in [3.05, 3.63) is 0 Å². The summed E-state index contributed by atoms with van der Waals surface area (Å²) in [5.41, 5.74) is 0. The summed E-state index contributed by atoms with van der Waals surface area (Å²) in [6.45, 7) is 21.0. The average Bonchev–Trinajstić information content (AvgIpc) is 3.18. The van der Waals surface area contributed by atoms with Gasteiger partial charge in [-0.25, -0.2) is 0 Å². The number of piperidine rings is 3. The fraction of sp³-hybridized carbons (Fsp3) is 0.879. The van der Waals surface area contributed by atoms with Crippen molar-refractivity contribution in [2.75, 3.05) is 133 Å². The van der Waals surface area contributed by atoms with Crippen LogP contribution in [0.15, 0.2) is 0 Å². The van der Waals surface area contributed by atoms with Crippen LogP contribution in [-0.2, 0) is 4.79 Å². The maximum absolute atomic E-state index is 10.9. The smallest absolute Gasteiger partial charge is 0.376 e. The first-order chi connectivity index (χ1) is 24.8. The van der Waals surface area contributed by atoms with Gasteiger partial charge in [0.25, 0.3) is 7.41 Å². The Morgan fingerprint density at radius 2 is 0.804 bits per heavy atom. The first-order valence-corrected chi connectivity index (χ1v) is 19.9. The van der Waals surface area contributed by atoms with E-state index in [1.165, 1.54) is 0 Å². The van der Waals surface area contributed by atoms with Crippen molar-refractivity contribution >= 4 is 45.5 Å². The second-order valence-electron chi connectivity index (χ2n) is 15.7. The molecular weight excluding hydrogens is 645 g/mol. The third-order valence-electron chi connectivity index (χ3n) is 12.8. The third kappa shape index (κ3) is 9.19. The second-order valence-corrected chi connectivity index (χ2v) is 15.7. The third-order valence-corrected chi connectivity index (χ3v) is 12.8. The number of hydrogen-bond acceptors (Lipinski definition) is 15. The van der Waals surface area contributed by atoms with Crippen LogP contribution in [-0.4, -0.2) is 218 Å². The van der Waals surface area contributed by atoms with Crippen molar-refractivity contribution in [2.45, 2.75) is 70.3 Å². The van der Waals surface area contributed by atoms with Crippen LogP contribution in [0.2, 0.25) is 13.6 Å². The topological polar surface area (TPSA) is 125 Å². The summed E-state index contributed by atoms with van der Waals surface area (Å²) in [6, 6.07) is 1.72. The lowest BCUT2D eigenvalue weighted by Crippen LogP contribution is -2.55. The average molecular weight is 705 g/mol. The van der Waals surface area contributed by atoms with Gasteiger partial charge in [-0.2, -0.15) is 15.0 Å². The van der Waals surface area contributed by atoms with Crippen LogP contribution in [0.1, 0.15) is 38.5 Å². The van der Waals surface area contributed by atoms with Gasteiger partial charge < -0.3 is 44.0 Å². The molecule has 6 aliphatic heterocycles. The second kappa shape index (κ2) is 17.4. The van der Waals surface area contributed by atoms with E-state index < -0.39 is 0 Å². The molecule has 279 valence electrons. The first-order valence-electron chi connectivity index (χ1n) is 19.9. The Balaban J connectivity index is 0.995. The maximum Gasteiger partial charge on any atom is 0.376 e. The van der Waals surface area contributed by atoms with Gasteiger partial charge in [0, 0.05) is 96.7 Å². The lowest BCUT2D eigenvalue weighted by atomic mass is 9.82. The van der Waals surface area contributed by atoms with E-state index in [0.717, 1.165) is 180 Å². The van der Waals surface area contributed by atoms with Crippen molar-refractivity contribution < 1.29 is 14.8 Å². The molecular formula is C33H60B3N12O3. The van der Waals surface area contributed by atoms with Gasteiger partial charge in [-0.3, -0.25) is 14.7 Å². The number of anilines is 3. The zero-order valence-electron chi connectivity index (χ0n) is 31.2. The summed E-state index contributed by atoms with van der Waals surface area (Å²) in [5, 5.41) is 20.0. The molecule has 1 radical (unpaired) electrons. The molecule has 51 heavy (non-hydrogen) atoms. The first kappa shape index (κ1) is 37.3. The van der Waals surface area contributed by atoms with Crippen molar-refractivity contribution in [3.8, 4) is 0 Å². The van der Waals surface area contributed by atoms with Gasteiger partial charge in [0.05, 0.1) is 6.19 Å². The molecule has 18 heteroatoms. The minimum absolute atomic E-state index is 0.360. The summed E-state index contributed by atoms with van der Waals surface area (Å²) >= 11 is 0. The van der Waals surface area contributed by atoms with Crippen LogP contribution in [0.4, 0.5) is 17.8 Å². The van der Waals surface area contributed by atoms with Gasteiger partial charge in [-0.15, -0.1) is 0 Å². The van der Waals surface area contributed by atoms with E-state index in [9.17, 15) is 14.8 Å². The van der Waals surface area contributed by atoms with Crippen molar-refractivity contribution in [2.24, 2.45) is 0 Å². The van der Waals surface area contributed by atoms with Crippen LogP contribution in [0, 0.1) is 0 Å². The van der Waals surface area contributed by atoms with E-state index in [1.807, 2.05) is 13.6 Å². The molecule has 0 aliphatic carbocycles. The number of carbonyl (C=O) groups excluding carboxylic acids is 1. The highest BCUT2D eigenvalue weighted by molar-refractivity contribution is 6.64. The number of hydrogen-bond donors (Lipinski definition) is 2. The largest absolute Gasteiger partial charge is 0.437 e. The lowest BCUT2D eigenvalue weighted by molar-refractivity contribution is 0.126. The molecule has 0 amide bonds. The maximum atomic E-state index is 10.9. The highest BCUT2D eigenvalue weighted by Crippen LogP contribution is 2.27. The van der Waals surface area contributed by atoms with Gasteiger partial charge in [-0.05, 0) is 91.4 Å². The van der Waals surface area contributed by atoms with Crippen LogP contribution < -0.4 is 14.7 Å². The number of carbonyl (C=O) groups is 1. The number of nitrogens with zero attached hydrogens (tertiary/aromatic N) is 12. The molecule has 7 rings (SSSR count). The van der Waals surface area contributed by atoms with Crippen LogP contribution in [0.3, 0.4) is 0 Å². The molecule has 0 bridgehead atoms. The zero-order chi connectivity index (χ0) is 35.3. The summed E-state index contributed by atoms with van der Waals surface area (Å²) < 4.78 is 0. The highest BCUT2D eigenvalue weighted by atomic mass is 16.2. The van der Waals surface area contributed by atoms with E-state index in [4.69, 9.17) is 15.0 Å². The highest BCUT2D eigenvalue weighted by Gasteiger charge is 2.34. The number of aromatic nitrogens is 3. The van der Waals surface area contributed by atoms with Gasteiger partial charge in [0.1, 0.15) is 0 Å². The molecule has 0 atom stereocenters. The number of rotatable bonds is 10.